The quantitative estimate of drug-likeness (QED) is 0.763. The van der Waals surface area contributed by atoms with Crippen molar-refractivity contribution >= 4 is 33.2 Å². The van der Waals surface area contributed by atoms with Crippen LogP contribution in [0, 0.1) is 20.8 Å². The topological polar surface area (TPSA) is 12.0 Å². The monoisotopic (exact) mass is 337 g/mol. The van der Waals surface area contributed by atoms with E-state index in [1.54, 1.807) is 0 Å². The van der Waals surface area contributed by atoms with Crippen molar-refractivity contribution in [1.82, 2.24) is 0 Å². The lowest BCUT2D eigenvalue weighted by Gasteiger charge is -2.12. The summed E-state index contributed by atoms with van der Waals surface area (Å²) in [6.07, 6.45) is 0. The number of nitrogens with one attached hydrogen (secondary N) is 1. The van der Waals surface area contributed by atoms with E-state index in [-0.39, 0.29) is 0 Å². The number of rotatable bonds is 3. The van der Waals surface area contributed by atoms with Gasteiger partial charge in [0.15, 0.2) is 0 Å². The van der Waals surface area contributed by atoms with Crippen LogP contribution in [0.25, 0.3) is 0 Å². The van der Waals surface area contributed by atoms with Gasteiger partial charge < -0.3 is 5.32 Å². The van der Waals surface area contributed by atoms with Crippen molar-refractivity contribution < 1.29 is 0 Å². The zero-order chi connectivity index (χ0) is 14.0. The fraction of sp³-hybridized carbons (Fsp3) is 0.250. The molecule has 0 aliphatic heterocycles. The van der Waals surface area contributed by atoms with Crippen LogP contribution in [0.15, 0.2) is 34.8 Å². The Labute approximate surface area is 128 Å². The first kappa shape index (κ1) is 14.4. The Morgan fingerprint density at radius 3 is 2.21 bits per heavy atom. The van der Waals surface area contributed by atoms with Crippen LogP contribution in [-0.2, 0) is 6.54 Å². The Bertz CT molecular complexity index is 585. The SMILES string of the molecule is Cc1cc(Cl)ccc1CNc1cc(C)c(Br)c(C)c1. The molecule has 100 valence electrons. The van der Waals surface area contributed by atoms with E-state index in [9.17, 15) is 0 Å². The fourth-order valence-corrected chi connectivity index (χ4v) is 2.56. The second-order valence-corrected chi connectivity index (χ2v) is 6.08. The van der Waals surface area contributed by atoms with Crippen molar-refractivity contribution in [3.8, 4) is 0 Å². The van der Waals surface area contributed by atoms with E-state index in [2.05, 4.69) is 60.2 Å². The standard InChI is InChI=1S/C16H17BrClN/c1-10-6-14(18)5-4-13(10)9-19-15-7-11(2)16(17)12(3)8-15/h4-8,19H,9H2,1-3H3. The van der Waals surface area contributed by atoms with Gasteiger partial charge in [-0.05, 0) is 67.3 Å². The highest BCUT2D eigenvalue weighted by Gasteiger charge is 2.03. The first-order valence-corrected chi connectivity index (χ1v) is 7.40. The molecular weight excluding hydrogens is 322 g/mol. The molecule has 3 heteroatoms. The van der Waals surface area contributed by atoms with Gasteiger partial charge in [0.2, 0.25) is 0 Å². The summed E-state index contributed by atoms with van der Waals surface area (Å²) in [5.41, 5.74) is 6.12. The zero-order valence-electron chi connectivity index (χ0n) is 11.3. The molecule has 1 N–H and O–H groups in total. The molecule has 0 fully saturated rings. The van der Waals surface area contributed by atoms with Crippen LogP contribution in [0.3, 0.4) is 0 Å². The molecule has 0 amide bonds. The summed E-state index contributed by atoms with van der Waals surface area (Å²) >= 11 is 9.55. The average molecular weight is 339 g/mol. The summed E-state index contributed by atoms with van der Waals surface area (Å²) in [5.74, 6) is 0. The summed E-state index contributed by atoms with van der Waals surface area (Å²) in [6, 6.07) is 10.3. The summed E-state index contributed by atoms with van der Waals surface area (Å²) in [6.45, 7) is 7.11. The van der Waals surface area contributed by atoms with Gasteiger partial charge in [0.25, 0.3) is 0 Å². The van der Waals surface area contributed by atoms with E-state index in [0.717, 1.165) is 17.3 Å². The van der Waals surface area contributed by atoms with Gasteiger partial charge in [0.05, 0.1) is 0 Å². The van der Waals surface area contributed by atoms with Gasteiger partial charge in [0.1, 0.15) is 0 Å². The van der Waals surface area contributed by atoms with E-state index < -0.39 is 0 Å². The molecule has 0 bridgehead atoms. The van der Waals surface area contributed by atoms with E-state index in [1.807, 2.05) is 12.1 Å². The highest BCUT2D eigenvalue weighted by atomic mass is 79.9. The molecule has 19 heavy (non-hydrogen) atoms. The molecule has 0 spiro atoms. The smallest absolute Gasteiger partial charge is 0.0408 e. The largest absolute Gasteiger partial charge is 0.381 e. The third-order valence-electron chi connectivity index (χ3n) is 3.22. The molecule has 0 radical (unpaired) electrons. The molecule has 2 aromatic carbocycles. The molecule has 0 heterocycles. The number of halogens is 2. The highest BCUT2D eigenvalue weighted by Crippen LogP contribution is 2.25. The van der Waals surface area contributed by atoms with Crippen molar-refractivity contribution in [2.45, 2.75) is 27.3 Å². The Balaban J connectivity index is 2.14. The van der Waals surface area contributed by atoms with Crippen molar-refractivity contribution in [3.05, 3.63) is 62.1 Å². The molecule has 0 atom stereocenters. The van der Waals surface area contributed by atoms with E-state index >= 15 is 0 Å². The third kappa shape index (κ3) is 3.52. The number of aryl methyl sites for hydroxylation is 3. The van der Waals surface area contributed by atoms with Crippen LogP contribution in [0.1, 0.15) is 22.3 Å². The van der Waals surface area contributed by atoms with Crippen molar-refractivity contribution in [1.29, 1.82) is 0 Å². The second kappa shape index (κ2) is 5.98. The predicted octanol–water partition coefficient (Wildman–Crippen LogP) is 5.64. The maximum atomic E-state index is 5.97. The maximum Gasteiger partial charge on any atom is 0.0408 e. The molecule has 2 rings (SSSR count). The van der Waals surface area contributed by atoms with Crippen molar-refractivity contribution in [2.24, 2.45) is 0 Å². The molecule has 0 aliphatic rings. The van der Waals surface area contributed by atoms with Gasteiger partial charge in [-0.3, -0.25) is 0 Å². The lowest BCUT2D eigenvalue weighted by atomic mass is 10.1. The lowest BCUT2D eigenvalue weighted by Crippen LogP contribution is -2.02. The first-order chi connectivity index (χ1) is 8.97. The molecule has 0 aliphatic carbocycles. The van der Waals surface area contributed by atoms with E-state index in [4.69, 9.17) is 11.6 Å². The van der Waals surface area contributed by atoms with Gasteiger partial charge in [0, 0.05) is 21.7 Å². The number of hydrogen-bond acceptors (Lipinski definition) is 1. The van der Waals surface area contributed by atoms with Gasteiger partial charge in [-0.2, -0.15) is 0 Å². The summed E-state index contributed by atoms with van der Waals surface area (Å²) in [4.78, 5) is 0. The number of anilines is 1. The molecule has 0 unspecified atom stereocenters. The van der Waals surface area contributed by atoms with E-state index in [1.165, 1.54) is 26.7 Å². The molecular formula is C16H17BrClN. The van der Waals surface area contributed by atoms with Gasteiger partial charge in [-0.1, -0.05) is 33.6 Å². The van der Waals surface area contributed by atoms with Crippen LogP contribution in [-0.4, -0.2) is 0 Å². The second-order valence-electron chi connectivity index (χ2n) is 4.85. The maximum absolute atomic E-state index is 5.97. The van der Waals surface area contributed by atoms with Crippen LogP contribution in [0.2, 0.25) is 5.02 Å². The van der Waals surface area contributed by atoms with Crippen molar-refractivity contribution in [2.75, 3.05) is 5.32 Å². The Morgan fingerprint density at radius 2 is 1.63 bits per heavy atom. The third-order valence-corrected chi connectivity index (χ3v) is 4.71. The van der Waals surface area contributed by atoms with Crippen LogP contribution in [0.4, 0.5) is 5.69 Å². The Kier molecular flexibility index (Phi) is 4.54. The minimum Gasteiger partial charge on any atom is -0.381 e. The highest BCUT2D eigenvalue weighted by molar-refractivity contribution is 9.10. The normalized spacial score (nSPS) is 10.6. The predicted molar refractivity (Wildman–Crippen MR) is 87.1 cm³/mol. The lowest BCUT2D eigenvalue weighted by molar-refractivity contribution is 1.11. The molecule has 0 saturated heterocycles. The molecule has 1 nitrogen and oxygen atoms in total. The van der Waals surface area contributed by atoms with Crippen molar-refractivity contribution in [3.63, 3.8) is 0 Å². The number of hydrogen-bond donors (Lipinski definition) is 1. The van der Waals surface area contributed by atoms with Crippen LogP contribution >= 0.6 is 27.5 Å². The fourth-order valence-electron chi connectivity index (χ4n) is 2.10. The van der Waals surface area contributed by atoms with Gasteiger partial charge in [-0.15, -0.1) is 0 Å². The first-order valence-electron chi connectivity index (χ1n) is 6.23. The summed E-state index contributed by atoms with van der Waals surface area (Å²) in [5, 5.41) is 4.25. The Hall–Kier alpha value is -0.990. The zero-order valence-corrected chi connectivity index (χ0v) is 13.7. The van der Waals surface area contributed by atoms with Crippen LogP contribution in [0.5, 0.6) is 0 Å². The minimum atomic E-state index is 0.789. The van der Waals surface area contributed by atoms with Crippen LogP contribution < -0.4 is 5.32 Å². The van der Waals surface area contributed by atoms with Gasteiger partial charge in [-0.25, -0.2) is 0 Å². The average Bonchev–Trinajstić information content (AvgIpc) is 2.34. The van der Waals surface area contributed by atoms with Gasteiger partial charge >= 0.3 is 0 Å². The Morgan fingerprint density at radius 1 is 1.00 bits per heavy atom. The molecule has 0 saturated carbocycles. The molecule has 0 aromatic heterocycles. The summed E-state index contributed by atoms with van der Waals surface area (Å²) in [7, 11) is 0. The minimum absolute atomic E-state index is 0.789. The molecule has 2 aromatic rings. The van der Waals surface area contributed by atoms with E-state index in [0.29, 0.717) is 0 Å². The summed E-state index contributed by atoms with van der Waals surface area (Å²) < 4.78 is 1.18. The number of benzene rings is 2.